The third-order valence-electron chi connectivity index (χ3n) is 5.72. The van der Waals surface area contributed by atoms with Crippen LogP contribution in [0.3, 0.4) is 0 Å². The third kappa shape index (κ3) is 2.42. The minimum absolute atomic E-state index is 0.261. The minimum atomic E-state index is -2.45. The van der Waals surface area contributed by atoms with Gasteiger partial charge in [0.25, 0.3) is 0 Å². The molecule has 0 bridgehead atoms. The van der Waals surface area contributed by atoms with Gasteiger partial charge in [-0.3, -0.25) is 0 Å². The van der Waals surface area contributed by atoms with Gasteiger partial charge >= 0.3 is 16.8 Å². The Bertz CT molecular complexity index is 1690. The number of aromatic nitrogens is 1. The van der Waals surface area contributed by atoms with Crippen molar-refractivity contribution in [2.75, 3.05) is 0 Å². The van der Waals surface area contributed by atoms with E-state index < -0.39 is 5.15 Å². The first kappa shape index (κ1) is 18.1. The molecule has 2 aliphatic heterocycles. The van der Waals surface area contributed by atoms with Crippen molar-refractivity contribution in [1.82, 2.24) is 14.5 Å². The Hall–Kier alpha value is -3.46. The molecule has 0 unspecified atom stereocenters. The van der Waals surface area contributed by atoms with Gasteiger partial charge in [-0.05, 0) is 26.9 Å². The maximum Gasteiger partial charge on any atom is 0.387 e. The molecule has 7 rings (SSSR count). The quantitative estimate of drug-likeness (QED) is 0.253. The lowest BCUT2D eigenvalue weighted by Gasteiger charge is -2.14. The van der Waals surface area contributed by atoms with Crippen LogP contribution in [0.5, 0.6) is 0 Å². The Morgan fingerprint density at radius 3 is 2.16 bits per heavy atom. The average Bonchev–Trinajstić information content (AvgIpc) is 3.53. The van der Waals surface area contributed by atoms with Crippen molar-refractivity contribution >= 4 is 50.6 Å². The molecule has 0 spiro atoms. The molecule has 0 saturated carbocycles. The molecule has 0 saturated heterocycles. The van der Waals surface area contributed by atoms with E-state index in [0.717, 1.165) is 39.5 Å². The van der Waals surface area contributed by atoms with Crippen molar-refractivity contribution in [3.8, 4) is 20.9 Å². The molecule has 32 heavy (non-hydrogen) atoms. The highest BCUT2D eigenvalue weighted by molar-refractivity contribution is 7.22. The molecule has 0 radical (unpaired) electrons. The lowest BCUT2D eigenvalue weighted by Crippen LogP contribution is -2.61. The van der Waals surface area contributed by atoms with E-state index in [-0.39, 0.29) is 11.7 Å². The van der Waals surface area contributed by atoms with E-state index in [4.69, 9.17) is 0 Å². The minimum Gasteiger partial charge on any atom is -0.133 e. The lowest BCUT2D eigenvalue weighted by atomic mass is 10.2. The number of quaternary nitrogens is 1. The summed E-state index contributed by atoms with van der Waals surface area (Å²) < 4.78 is 35.5. The topological polar surface area (TPSA) is 20.3 Å². The van der Waals surface area contributed by atoms with Crippen molar-refractivity contribution < 1.29 is 8.96 Å². The summed E-state index contributed by atoms with van der Waals surface area (Å²) in [6.45, 7) is 0. The van der Waals surface area contributed by atoms with Crippen LogP contribution in [0, 0.1) is 0 Å². The summed E-state index contributed by atoms with van der Waals surface area (Å²) in [5.41, 5.74) is 2.51. The van der Waals surface area contributed by atoms with Gasteiger partial charge in [0.1, 0.15) is 14.5 Å². The summed E-state index contributed by atoms with van der Waals surface area (Å²) in [5.74, 6) is 0.522. The Balaban J connectivity index is 1.44. The molecule has 0 amide bonds. The van der Waals surface area contributed by atoms with Gasteiger partial charge in [-0.1, -0.05) is 60.7 Å². The van der Waals surface area contributed by atoms with Crippen LogP contribution in [-0.2, 0) is 0 Å². The van der Waals surface area contributed by atoms with Gasteiger partial charge in [-0.25, -0.2) is 0 Å². The number of benzene rings is 2. The first-order chi connectivity index (χ1) is 15.6. The average molecular weight is 461 g/mol. The van der Waals surface area contributed by atoms with Crippen molar-refractivity contribution in [2.45, 2.75) is 0 Å². The number of aliphatic imine (C=N–C) groups is 1. The van der Waals surface area contributed by atoms with Crippen LogP contribution in [0.25, 0.3) is 37.2 Å². The number of nitrogens with zero attached hydrogens (tertiary/aromatic N) is 4. The molecule has 0 N–H and O–H groups in total. The fourth-order valence-corrected chi connectivity index (χ4v) is 6.45. The SMILES string of the molecule is F[N+]1(F)n2c(cc3sc(-c4ccccc4)cc32)N=C2C=c3sc(-c4ccccc4)cc3=[N+]21. The van der Waals surface area contributed by atoms with Gasteiger partial charge in [0.15, 0.2) is 0 Å². The van der Waals surface area contributed by atoms with Crippen LogP contribution < -0.4 is 19.7 Å². The summed E-state index contributed by atoms with van der Waals surface area (Å²) >= 11 is 3.00. The van der Waals surface area contributed by atoms with Crippen LogP contribution in [-0.4, -0.2) is 10.5 Å². The van der Waals surface area contributed by atoms with Gasteiger partial charge in [-0.15, -0.1) is 22.7 Å². The molecule has 8 heteroatoms. The number of amidine groups is 1. The Kier molecular flexibility index (Phi) is 3.57. The Labute approximate surface area is 188 Å². The predicted molar refractivity (Wildman–Crippen MR) is 127 cm³/mol. The highest BCUT2D eigenvalue weighted by atomic mass is 32.1. The Morgan fingerprint density at radius 2 is 1.47 bits per heavy atom. The standard InChI is InChI=1S/C24H14F2N4S2/c25-30(26)28-17-11-19(15-7-3-1-4-8-15)31-21(17)13-23(28)27-24-14-22-18(29(24)30)12-20(32-22)16-9-5-2-6-10-16/h1-14H/q+2. The normalized spacial score (nSPS) is 15.8. The molecule has 5 aromatic rings. The molecular weight excluding hydrogens is 446 g/mol. The summed E-state index contributed by atoms with van der Waals surface area (Å²) in [6.07, 6.45) is 1.75. The van der Waals surface area contributed by atoms with Crippen LogP contribution in [0.4, 0.5) is 14.8 Å². The number of rotatable bonds is 2. The van der Waals surface area contributed by atoms with E-state index in [9.17, 15) is 0 Å². The zero-order valence-corrected chi connectivity index (χ0v) is 18.1. The molecular formula is C24H14F2N4S2+2. The van der Waals surface area contributed by atoms with Gasteiger partial charge in [0.2, 0.25) is 5.36 Å². The monoisotopic (exact) mass is 460 g/mol. The molecule has 0 aliphatic carbocycles. The number of fused-ring (bicyclic) bond motifs is 5. The number of halogens is 2. The molecule has 154 valence electrons. The van der Waals surface area contributed by atoms with Gasteiger partial charge < -0.3 is 0 Å². The van der Waals surface area contributed by atoms with Gasteiger partial charge in [-0.2, -0.15) is 0 Å². The summed E-state index contributed by atoms with van der Waals surface area (Å²) in [5, 5.41) is -1.97. The number of hydrogen-bond donors (Lipinski definition) is 0. The molecule has 3 aromatic heterocycles. The fraction of sp³-hybridized carbons (Fsp3) is 0. The van der Waals surface area contributed by atoms with Crippen LogP contribution in [0.2, 0.25) is 0 Å². The molecule has 2 aromatic carbocycles. The fourth-order valence-electron chi connectivity index (χ4n) is 4.29. The molecule has 2 aliphatic rings. The summed E-state index contributed by atoms with van der Waals surface area (Å²) in [6, 6.07) is 25.1. The number of hydrogen-bond acceptors (Lipinski definition) is 3. The van der Waals surface area contributed by atoms with Crippen molar-refractivity contribution in [1.29, 1.82) is 0 Å². The second-order valence-corrected chi connectivity index (χ2v) is 9.82. The van der Waals surface area contributed by atoms with Gasteiger partial charge in [0.05, 0.1) is 20.0 Å². The zero-order chi connectivity index (χ0) is 21.4. The van der Waals surface area contributed by atoms with Crippen LogP contribution >= 0.6 is 22.7 Å². The molecule has 4 nitrogen and oxygen atoms in total. The lowest BCUT2D eigenvalue weighted by molar-refractivity contribution is -0.273. The van der Waals surface area contributed by atoms with Gasteiger partial charge in [0, 0.05) is 21.9 Å². The van der Waals surface area contributed by atoms with E-state index in [1.54, 1.807) is 12.1 Å². The highest BCUT2D eigenvalue weighted by Crippen LogP contribution is 2.40. The smallest absolute Gasteiger partial charge is 0.133 e. The second-order valence-electron chi connectivity index (χ2n) is 7.65. The molecule has 5 heterocycles. The maximum absolute atomic E-state index is 16.0. The van der Waals surface area contributed by atoms with E-state index in [1.807, 2.05) is 72.8 Å². The summed E-state index contributed by atoms with van der Waals surface area (Å²) in [7, 11) is 0. The van der Waals surface area contributed by atoms with E-state index in [0.29, 0.717) is 10.9 Å². The zero-order valence-electron chi connectivity index (χ0n) is 16.4. The highest BCUT2D eigenvalue weighted by Gasteiger charge is 2.56. The van der Waals surface area contributed by atoms with Crippen molar-refractivity contribution in [2.24, 2.45) is 4.99 Å². The maximum atomic E-state index is 16.0. The van der Waals surface area contributed by atoms with Crippen LogP contribution in [0.15, 0.2) is 83.9 Å². The van der Waals surface area contributed by atoms with Crippen molar-refractivity contribution in [3.63, 3.8) is 0 Å². The van der Waals surface area contributed by atoms with E-state index in [1.165, 1.54) is 22.7 Å². The first-order valence-electron chi connectivity index (χ1n) is 10.0. The second kappa shape index (κ2) is 6.29. The van der Waals surface area contributed by atoms with Crippen LogP contribution in [0.1, 0.15) is 0 Å². The third-order valence-corrected chi connectivity index (χ3v) is 7.96. The predicted octanol–water partition coefficient (Wildman–Crippen LogP) is 5.25. The molecule has 0 atom stereocenters. The summed E-state index contributed by atoms with van der Waals surface area (Å²) in [4.78, 5) is 6.48. The first-order valence-corrected chi connectivity index (χ1v) is 11.7. The van der Waals surface area contributed by atoms with Crippen molar-refractivity contribution in [3.05, 3.63) is 88.8 Å². The van der Waals surface area contributed by atoms with E-state index in [2.05, 4.69) is 4.99 Å². The Morgan fingerprint density at radius 1 is 0.812 bits per heavy atom. The number of thiophene rings is 2. The largest absolute Gasteiger partial charge is 0.387 e. The van der Waals surface area contributed by atoms with E-state index >= 15 is 8.96 Å². The molecule has 0 fully saturated rings.